The number of amides is 1. The van der Waals surface area contributed by atoms with E-state index < -0.39 is 0 Å². The summed E-state index contributed by atoms with van der Waals surface area (Å²) in [7, 11) is 1.65. The van der Waals surface area contributed by atoms with Crippen LogP contribution in [-0.2, 0) is 0 Å². The van der Waals surface area contributed by atoms with Gasteiger partial charge in [-0.3, -0.25) is 4.79 Å². The van der Waals surface area contributed by atoms with E-state index in [9.17, 15) is 4.79 Å². The minimum absolute atomic E-state index is 0.179. The van der Waals surface area contributed by atoms with Crippen LogP contribution in [0.1, 0.15) is 16.8 Å². The fraction of sp³-hybridized carbons (Fsp3) is 0.273. The van der Waals surface area contributed by atoms with Gasteiger partial charge in [0.25, 0.3) is 5.91 Å². The summed E-state index contributed by atoms with van der Waals surface area (Å²) < 4.78 is 0.800. The highest BCUT2D eigenvalue weighted by atomic mass is 79.9. The third kappa shape index (κ3) is 3.22. The molecule has 1 rings (SSSR count). The molecule has 5 heteroatoms. The molecule has 0 atom stereocenters. The van der Waals surface area contributed by atoms with Crippen LogP contribution in [0.15, 0.2) is 22.7 Å². The fourth-order valence-electron chi connectivity index (χ4n) is 1.19. The lowest BCUT2D eigenvalue weighted by Gasteiger charge is -2.16. The maximum absolute atomic E-state index is 11.9. The number of carbonyl (C=O) groups is 1. The minimum atomic E-state index is -0.179. The maximum Gasteiger partial charge on any atom is 0.255 e. The van der Waals surface area contributed by atoms with Gasteiger partial charge >= 0.3 is 0 Å². The molecule has 84 valence electrons. The topological polar surface area (TPSA) is 44.1 Å². The standard InChI is InChI=1S/C11H10BrClN2O/c1-15(6-2-5-14)11(16)9-7-8(12)3-4-10(9)13/h3-4,7H,2,6H2,1H3. The molecule has 0 aliphatic carbocycles. The SMILES string of the molecule is CN(CCC#N)C(=O)c1cc(Br)ccc1Cl. The lowest BCUT2D eigenvalue weighted by Crippen LogP contribution is -2.27. The van der Waals surface area contributed by atoms with Crippen LogP contribution < -0.4 is 0 Å². The number of halogens is 2. The van der Waals surface area contributed by atoms with Gasteiger partial charge in [0.2, 0.25) is 0 Å². The predicted octanol–water partition coefficient (Wildman–Crippen LogP) is 3.09. The Hall–Kier alpha value is -1.05. The van der Waals surface area contributed by atoms with Gasteiger partial charge in [-0.15, -0.1) is 0 Å². The molecule has 0 aromatic heterocycles. The molecular weight excluding hydrogens is 291 g/mol. The summed E-state index contributed by atoms with van der Waals surface area (Å²) >= 11 is 9.22. The third-order valence-corrected chi connectivity index (χ3v) is 2.89. The zero-order valence-electron chi connectivity index (χ0n) is 8.70. The van der Waals surface area contributed by atoms with Gasteiger partial charge in [0.05, 0.1) is 23.1 Å². The van der Waals surface area contributed by atoms with Gasteiger partial charge in [0, 0.05) is 18.1 Å². The van der Waals surface area contributed by atoms with E-state index in [2.05, 4.69) is 15.9 Å². The minimum Gasteiger partial charge on any atom is -0.341 e. The molecule has 0 aliphatic heterocycles. The number of benzene rings is 1. The molecule has 0 bridgehead atoms. The van der Waals surface area contributed by atoms with Gasteiger partial charge < -0.3 is 4.90 Å². The molecule has 0 spiro atoms. The summed E-state index contributed by atoms with van der Waals surface area (Å²) in [5.74, 6) is -0.179. The Labute approximate surface area is 108 Å². The average Bonchev–Trinajstić information content (AvgIpc) is 2.28. The van der Waals surface area contributed by atoms with E-state index in [1.54, 1.807) is 25.2 Å². The first kappa shape index (κ1) is 13.0. The first-order valence-electron chi connectivity index (χ1n) is 4.63. The fourth-order valence-corrected chi connectivity index (χ4v) is 1.75. The first-order valence-corrected chi connectivity index (χ1v) is 5.81. The summed E-state index contributed by atoms with van der Waals surface area (Å²) in [6.07, 6.45) is 0.313. The van der Waals surface area contributed by atoms with Crippen molar-refractivity contribution in [1.29, 1.82) is 5.26 Å². The molecule has 1 aromatic rings. The Balaban J connectivity index is 2.88. The van der Waals surface area contributed by atoms with E-state index in [0.717, 1.165) is 4.47 Å². The Morgan fingerprint density at radius 2 is 2.31 bits per heavy atom. The van der Waals surface area contributed by atoms with Crippen molar-refractivity contribution >= 4 is 33.4 Å². The maximum atomic E-state index is 11.9. The molecule has 3 nitrogen and oxygen atoms in total. The van der Waals surface area contributed by atoms with Gasteiger partial charge in [-0.05, 0) is 18.2 Å². The van der Waals surface area contributed by atoms with Crippen molar-refractivity contribution in [3.63, 3.8) is 0 Å². The number of hydrogen-bond acceptors (Lipinski definition) is 2. The van der Waals surface area contributed by atoms with Crippen LogP contribution in [0.5, 0.6) is 0 Å². The van der Waals surface area contributed by atoms with Crippen molar-refractivity contribution < 1.29 is 4.79 Å². The summed E-state index contributed by atoms with van der Waals surface area (Å²) in [5, 5.41) is 8.86. The van der Waals surface area contributed by atoms with Gasteiger partial charge in [0.15, 0.2) is 0 Å². The molecule has 0 N–H and O–H groups in total. The quantitative estimate of drug-likeness (QED) is 0.861. The van der Waals surface area contributed by atoms with Crippen LogP contribution in [-0.4, -0.2) is 24.4 Å². The molecular formula is C11H10BrClN2O. The number of nitrogens with zero attached hydrogens (tertiary/aromatic N) is 2. The molecule has 0 saturated carbocycles. The zero-order valence-corrected chi connectivity index (χ0v) is 11.0. The van der Waals surface area contributed by atoms with Crippen LogP contribution >= 0.6 is 27.5 Å². The number of nitriles is 1. The van der Waals surface area contributed by atoms with E-state index in [1.807, 2.05) is 6.07 Å². The van der Waals surface area contributed by atoms with Crippen molar-refractivity contribution in [2.24, 2.45) is 0 Å². The van der Waals surface area contributed by atoms with E-state index >= 15 is 0 Å². The van der Waals surface area contributed by atoms with Crippen molar-refractivity contribution in [3.8, 4) is 6.07 Å². The van der Waals surface area contributed by atoms with E-state index in [-0.39, 0.29) is 5.91 Å². The Morgan fingerprint density at radius 1 is 1.62 bits per heavy atom. The van der Waals surface area contributed by atoms with Gasteiger partial charge in [-0.1, -0.05) is 27.5 Å². The summed E-state index contributed by atoms with van der Waals surface area (Å²) in [6, 6.07) is 7.10. The van der Waals surface area contributed by atoms with Crippen molar-refractivity contribution in [2.45, 2.75) is 6.42 Å². The number of hydrogen-bond donors (Lipinski definition) is 0. The van der Waals surface area contributed by atoms with E-state index in [0.29, 0.717) is 23.6 Å². The van der Waals surface area contributed by atoms with Crippen LogP contribution in [0.4, 0.5) is 0 Å². The van der Waals surface area contributed by atoms with Gasteiger partial charge in [-0.2, -0.15) is 5.26 Å². The van der Waals surface area contributed by atoms with Gasteiger partial charge in [-0.25, -0.2) is 0 Å². The van der Waals surface area contributed by atoms with Crippen molar-refractivity contribution in [3.05, 3.63) is 33.3 Å². The Kier molecular flexibility index (Phi) is 4.78. The molecule has 16 heavy (non-hydrogen) atoms. The lowest BCUT2D eigenvalue weighted by atomic mass is 10.2. The first-order chi connectivity index (χ1) is 7.56. The largest absolute Gasteiger partial charge is 0.341 e. The van der Waals surface area contributed by atoms with E-state index in [1.165, 1.54) is 4.90 Å². The predicted molar refractivity (Wildman–Crippen MR) is 66.3 cm³/mol. The summed E-state index contributed by atoms with van der Waals surface area (Å²) in [4.78, 5) is 13.4. The number of carbonyl (C=O) groups excluding carboxylic acids is 1. The molecule has 0 heterocycles. The summed E-state index contributed by atoms with van der Waals surface area (Å²) in [5.41, 5.74) is 0.441. The van der Waals surface area contributed by atoms with Crippen LogP contribution in [0.25, 0.3) is 0 Å². The monoisotopic (exact) mass is 300 g/mol. The normalized spacial score (nSPS) is 9.62. The highest BCUT2D eigenvalue weighted by Crippen LogP contribution is 2.22. The second-order valence-corrected chi connectivity index (χ2v) is 4.58. The van der Waals surface area contributed by atoms with Gasteiger partial charge in [0.1, 0.15) is 0 Å². The third-order valence-electron chi connectivity index (χ3n) is 2.06. The van der Waals surface area contributed by atoms with E-state index in [4.69, 9.17) is 16.9 Å². The van der Waals surface area contributed by atoms with Crippen LogP contribution in [0.3, 0.4) is 0 Å². The number of rotatable bonds is 3. The smallest absolute Gasteiger partial charge is 0.255 e. The molecule has 0 saturated heterocycles. The highest BCUT2D eigenvalue weighted by Gasteiger charge is 2.14. The molecule has 1 amide bonds. The molecule has 0 aliphatic rings. The lowest BCUT2D eigenvalue weighted by molar-refractivity contribution is 0.0798. The average molecular weight is 302 g/mol. The molecule has 0 unspecified atom stereocenters. The summed E-state index contributed by atoms with van der Waals surface area (Å²) in [6.45, 7) is 0.401. The Bertz CT molecular complexity index is 442. The zero-order chi connectivity index (χ0) is 12.1. The van der Waals surface area contributed by atoms with Crippen LogP contribution in [0.2, 0.25) is 5.02 Å². The molecule has 0 radical (unpaired) electrons. The van der Waals surface area contributed by atoms with Crippen LogP contribution in [0, 0.1) is 11.3 Å². The Morgan fingerprint density at radius 3 is 2.94 bits per heavy atom. The molecule has 1 aromatic carbocycles. The molecule has 0 fully saturated rings. The van der Waals surface area contributed by atoms with Crippen molar-refractivity contribution in [1.82, 2.24) is 4.90 Å². The second-order valence-electron chi connectivity index (χ2n) is 3.26. The second kappa shape index (κ2) is 5.88. The van der Waals surface area contributed by atoms with Crippen molar-refractivity contribution in [2.75, 3.05) is 13.6 Å². The highest BCUT2D eigenvalue weighted by molar-refractivity contribution is 9.10.